The molecule has 0 aliphatic carbocycles. The van der Waals surface area contributed by atoms with Gasteiger partial charge in [0.25, 0.3) is 5.91 Å². The van der Waals surface area contributed by atoms with Gasteiger partial charge in [0, 0.05) is 7.05 Å². The van der Waals surface area contributed by atoms with Crippen molar-refractivity contribution in [2.24, 2.45) is 10.9 Å². The molecule has 2 atom stereocenters. The molecule has 0 spiro atoms. The first-order valence-electron chi connectivity index (χ1n) is 9.65. The Bertz CT molecular complexity index is 826. The van der Waals surface area contributed by atoms with Crippen LogP contribution in [0.5, 0.6) is 0 Å². The van der Waals surface area contributed by atoms with Crippen molar-refractivity contribution in [3.63, 3.8) is 0 Å². The normalized spacial score (nSPS) is 17.8. The maximum atomic E-state index is 13.1. The number of nitrogens with one attached hydrogen (secondary N) is 2. The molecule has 1 unspecified atom stereocenters. The van der Waals surface area contributed by atoms with Crippen molar-refractivity contribution in [3.8, 4) is 0 Å². The Morgan fingerprint density at radius 2 is 1.79 bits per heavy atom. The van der Waals surface area contributed by atoms with Gasteiger partial charge in [-0.15, -0.1) is 0 Å². The quantitative estimate of drug-likeness (QED) is 0.809. The first kappa shape index (κ1) is 22.4. The van der Waals surface area contributed by atoms with Crippen LogP contribution in [0.3, 0.4) is 0 Å². The van der Waals surface area contributed by atoms with E-state index in [1.807, 2.05) is 38.1 Å². The number of rotatable bonds is 4. The second-order valence-corrected chi connectivity index (χ2v) is 8.39. The fourth-order valence-electron chi connectivity index (χ4n) is 2.90. The number of likely N-dealkylation sites (N-methyl/N-ethyl adjacent to an activating group) is 1. The highest BCUT2D eigenvalue weighted by molar-refractivity contribution is 6.19. The summed E-state index contributed by atoms with van der Waals surface area (Å²) >= 11 is 0. The molecule has 8 nitrogen and oxygen atoms in total. The number of anilines is 1. The first-order valence-corrected chi connectivity index (χ1v) is 9.65. The van der Waals surface area contributed by atoms with Crippen molar-refractivity contribution >= 4 is 35.0 Å². The Kier molecular flexibility index (Phi) is 6.66. The van der Waals surface area contributed by atoms with E-state index in [9.17, 15) is 14.4 Å². The zero-order valence-electron chi connectivity index (χ0n) is 18.1. The van der Waals surface area contributed by atoms with Gasteiger partial charge in [-0.25, -0.2) is 4.79 Å². The van der Waals surface area contributed by atoms with E-state index in [0.717, 1.165) is 0 Å². The summed E-state index contributed by atoms with van der Waals surface area (Å²) in [6.45, 7) is 10.6. The van der Waals surface area contributed by atoms with Gasteiger partial charge in [0.15, 0.2) is 0 Å². The molecule has 0 saturated heterocycles. The smallest absolute Gasteiger partial charge is 0.408 e. The lowest BCUT2D eigenvalue weighted by molar-refractivity contribution is -0.127. The maximum absolute atomic E-state index is 13.1. The second-order valence-electron chi connectivity index (χ2n) is 8.39. The van der Waals surface area contributed by atoms with Crippen LogP contribution in [0.4, 0.5) is 16.2 Å². The molecule has 0 radical (unpaired) electrons. The molecule has 0 fully saturated rings. The van der Waals surface area contributed by atoms with Crippen LogP contribution in [0.1, 0.15) is 41.5 Å². The van der Waals surface area contributed by atoms with Crippen LogP contribution in [-0.4, -0.2) is 48.4 Å². The molecule has 1 aromatic rings. The predicted octanol–water partition coefficient (Wildman–Crippen LogP) is 2.79. The molecule has 29 heavy (non-hydrogen) atoms. The molecule has 0 aromatic heterocycles. The lowest BCUT2D eigenvalue weighted by atomic mass is 9.99. The largest absolute Gasteiger partial charge is 0.444 e. The number of hydrogen-bond acceptors (Lipinski definition) is 5. The number of aliphatic imine (C=N–C) groups is 1. The SMILES string of the molecule is CC(C)C1=Nc2ccccc2N(C)C(=O)C1NC(=O)[C@H](C)NC(=O)OC(C)(C)C. The van der Waals surface area contributed by atoms with E-state index in [1.165, 1.54) is 11.8 Å². The van der Waals surface area contributed by atoms with E-state index in [1.54, 1.807) is 27.8 Å². The first-order chi connectivity index (χ1) is 13.4. The molecule has 1 heterocycles. The van der Waals surface area contributed by atoms with Gasteiger partial charge in [-0.3, -0.25) is 14.6 Å². The van der Waals surface area contributed by atoms with Crippen LogP contribution in [-0.2, 0) is 14.3 Å². The van der Waals surface area contributed by atoms with Crippen molar-refractivity contribution in [3.05, 3.63) is 24.3 Å². The van der Waals surface area contributed by atoms with Crippen molar-refractivity contribution in [1.82, 2.24) is 10.6 Å². The summed E-state index contributed by atoms with van der Waals surface area (Å²) in [5.74, 6) is -0.861. The lowest BCUT2D eigenvalue weighted by Crippen LogP contribution is -2.56. The minimum atomic E-state index is -0.928. The Labute approximate surface area is 171 Å². The zero-order chi connectivity index (χ0) is 21.9. The van der Waals surface area contributed by atoms with Crippen molar-refractivity contribution in [2.75, 3.05) is 11.9 Å². The van der Waals surface area contributed by atoms with E-state index in [-0.39, 0.29) is 11.8 Å². The van der Waals surface area contributed by atoms with E-state index >= 15 is 0 Å². The van der Waals surface area contributed by atoms with Crippen LogP contribution in [0.2, 0.25) is 0 Å². The van der Waals surface area contributed by atoms with Gasteiger partial charge in [0.1, 0.15) is 17.7 Å². The monoisotopic (exact) mass is 402 g/mol. The highest BCUT2D eigenvalue weighted by Crippen LogP contribution is 2.32. The number of alkyl carbamates (subject to hydrolysis) is 1. The number of amides is 3. The minimum Gasteiger partial charge on any atom is -0.444 e. The Morgan fingerprint density at radius 1 is 1.17 bits per heavy atom. The van der Waals surface area contributed by atoms with Crippen molar-refractivity contribution in [2.45, 2.75) is 59.2 Å². The summed E-state index contributed by atoms with van der Waals surface area (Å²) in [5.41, 5.74) is 1.23. The van der Waals surface area contributed by atoms with Crippen LogP contribution in [0, 0.1) is 5.92 Å². The molecule has 3 amide bonds. The standard InChI is InChI=1S/C21H30N4O4/c1-12(2)16-17(19(27)25(7)15-11-9-8-10-14(15)23-16)24-18(26)13(3)22-20(28)29-21(4,5)6/h8-13,17H,1-7H3,(H,22,28)(H,24,26)/t13-,17?/m0/s1. The average molecular weight is 402 g/mol. The third-order valence-electron chi connectivity index (χ3n) is 4.37. The Balaban J connectivity index is 2.23. The molecule has 0 saturated carbocycles. The lowest BCUT2D eigenvalue weighted by Gasteiger charge is -2.26. The predicted molar refractivity (Wildman–Crippen MR) is 113 cm³/mol. The number of para-hydroxylation sites is 2. The van der Waals surface area contributed by atoms with Crippen molar-refractivity contribution in [1.29, 1.82) is 0 Å². The van der Waals surface area contributed by atoms with Crippen LogP contribution in [0.15, 0.2) is 29.3 Å². The second kappa shape index (κ2) is 8.63. The number of benzene rings is 1. The third kappa shape index (κ3) is 5.56. The van der Waals surface area contributed by atoms with Gasteiger partial charge in [0.2, 0.25) is 5.91 Å². The molecule has 0 bridgehead atoms. The molecular formula is C21H30N4O4. The zero-order valence-corrected chi connectivity index (χ0v) is 18.1. The van der Waals surface area contributed by atoms with Crippen LogP contribution in [0.25, 0.3) is 0 Å². The summed E-state index contributed by atoms with van der Waals surface area (Å²) in [5, 5.41) is 5.23. The maximum Gasteiger partial charge on any atom is 0.408 e. The summed E-state index contributed by atoms with van der Waals surface area (Å²) in [4.78, 5) is 43.9. The van der Waals surface area contributed by atoms with Gasteiger partial charge in [-0.05, 0) is 45.7 Å². The van der Waals surface area contributed by atoms with E-state index < -0.39 is 29.7 Å². The average Bonchev–Trinajstić information content (AvgIpc) is 2.70. The summed E-state index contributed by atoms with van der Waals surface area (Å²) in [6.07, 6.45) is -0.699. The molecule has 2 rings (SSSR count). The van der Waals surface area contributed by atoms with Gasteiger partial charge in [0.05, 0.1) is 17.1 Å². The highest BCUT2D eigenvalue weighted by Gasteiger charge is 2.35. The van der Waals surface area contributed by atoms with Gasteiger partial charge >= 0.3 is 6.09 Å². The number of ether oxygens (including phenoxy) is 1. The fourth-order valence-corrected chi connectivity index (χ4v) is 2.90. The molecule has 1 aromatic carbocycles. The van der Waals surface area contributed by atoms with E-state index in [2.05, 4.69) is 15.6 Å². The van der Waals surface area contributed by atoms with E-state index in [4.69, 9.17) is 4.74 Å². The van der Waals surface area contributed by atoms with Crippen LogP contribution < -0.4 is 15.5 Å². The summed E-state index contributed by atoms with van der Waals surface area (Å²) in [6, 6.07) is 5.51. The van der Waals surface area contributed by atoms with Gasteiger partial charge < -0.3 is 20.3 Å². The molecule has 158 valence electrons. The Morgan fingerprint density at radius 3 is 2.38 bits per heavy atom. The summed E-state index contributed by atoms with van der Waals surface area (Å²) in [7, 11) is 1.65. The summed E-state index contributed by atoms with van der Waals surface area (Å²) < 4.78 is 5.18. The minimum absolute atomic E-state index is 0.0714. The molecule has 1 aliphatic heterocycles. The Hall–Kier alpha value is -2.90. The molecule has 8 heteroatoms. The fraction of sp³-hybridized carbons (Fsp3) is 0.524. The number of nitrogens with zero attached hydrogens (tertiary/aromatic N) is 2. The van der Waals surface area contributed by atoms with Gasteiger partial charge in [-0.1, -0.05) is 26.0 Å². The number of carbonyl (C=O) groups excluding carboxylic acids is 3. The highest BCUT2D eigenvalue weighted by atomic mass is 16.6. The molecule has 1 aliphatic rings. The molecule has 2 N–H and O–H groups in total. The topological polar surface area (TPSA) is 100 Å². The number of carbonyl (C=O) groups is 3. The van der Waals surface area contributed by atoms with Crippen LogP contribution >= 0.6 is 0 Å². The van der Waals surface area contributed by atoms with E-state index in [0.29, 0.717) is 17.1 Å². The van der Waals surface area contributed by atoms with Gasteiger partial charge in [-0.2, -0.15) is 0 Å². The molecular weight excluding hydrogens is 372 g/mol. The number of fused-ring (bicyclic) bond motifs is 1. The third-order valence-corrected chi connectivity index (χ3v) is 4.37. The number of hydrogen-bond donors (Lipinski definition) is 2. The van der Waals surface area contributed by atoms with Crippen molar-refractivity contribution < 1.29 is 19.1 Å².